The highest BCUT2D eigenvalue weighted by atomic mass is 16.7. The van der Waals surface area contributed by atoms with E-state index in [1.165, 1.54) is 17.1 Å². The van der Waals surface area contributed by atoms with Gasteiger partial charge >= 0.3 is 12.3 Å². The van der Waals surface area contributed by atoms with Crippen molar-refractivity contribution in [1.29, 1.82) is 0 Å². The fourth-order valence-corrected chi connectivity index (χ4v) is 3.30. The van der Waals surface area contributed by atoms with E-state index in [9.17, 15) is 24.0 Å². The van der Waals surface area contributed by atoms with Crippen molar-refractivity contribution in [3.8, 4) is 0 Å². The average Bonchev–Trinajstić information content (AvgIpc) is 3.23. The first-order valence-electron chi connectivity index (χ1n) is 14.5. The molecule has 3 amide bonds. The lowest BCUT2D eigenvalue weighted by Crippen LogP contribution is -2.40. The Labute approximate surface area is 258 Å². The van der Waals surface area contributed by atoms with Crippen molar-refractivity contribution in [1.82, 2.24) is 9.80 Å². The lowest BCUT2D eigenvalue weighted by atomic mass is 10.2. The first-order chi connectivity index (χ1) is 20.7. The summed E-state index contributed by atoms with van der Waals surface area (Å²) in [5.74, 6) is -1.17. The highest BCUT2D eigenvalue weighted by Crippen LogP contribution is 2.09. The molecular formula is C29H48N2O13. The lowest BCUT2D eigenvalue weighted by Gasteiger charge is -2.24. The van der Waals surface area contributed by atoms with Gasteiger partial charge in [-0.3, -0.25) is 19.3 Å². The summed E-state index contributed by atoms with van der Waals surface area (Å²) < 4.78 is 41.7. The van der Waals surface area contributed by atoms with Crippen LogP contribution in [0.2, 0.25) is 0 Å². The molecule has 0 aromatic heterocycles. The van der Waals surface area contributed by atoms with Crippen LogP contribution >= 0.6 is 0 Å². The number of carbonyl (C=O) groups is 5. The standard InChI is InChI=1S/C29H48N2O13/c1-28(2,3)43-26(35)41-21-19-39-17-15-37-13-11-30(23(32)9-10-31-24(33)7-8-25(31)34)12-14-38-16-18-40-20-22-42-27(36)44-29(4,5)6/h7-8H,9-22H2,1-6H3. The third-order valence-corrected chi connectivity index (χ3v) is 5.23. The van der Waals surface area contributed by atoms with Gasteiger partial charge in [-0.1, -0.05) is 0 Å². The van der Waals surface area contributed by atoms with Crippen LogP contribution in [0.3, 0.4) is 0 Å². The lowest BCUT2D eigenvalue weighted by molar-refractivity contribution is -0.138. The summed E-state index contributed by atoms with van der Waals surface area (Å²) in [5, 5.41) is 0. The summed E-state index contributed by atoms with van der Waals surface area (Å²) in [6.45, 7) is 12.8. The second-order valence-electron chi connectivity index (χ2n) is 11.4. The van der Waals surface area contributed by atoms with Crippen molar-refractivity contribution in [3.63, 3.8) is 0 Å². The number of rotatable bonds is 21. The molecular weight excluding hydrogens is 584 g/mol. The zero-order valence-electron chi connectivity index (χ0n) is 26.8. The van der Waals surface area contributed by atoms with E-state index in [0.29, 0.717) is 0 Å². The Morgan fingerprint density at radius 2 is 0.977 bits per heavy atom. The van der Waals surface area contributed by atoms with E-state index in [1.54, 1.807) is 41.5 Å². The van der Waals surface area contributed by atoms with E-state index < -0.39 is 35.3 Å². The van der Waals surface area contributed by atoms with Crippen LogP contribution in [0.1, 0.15) is 48.0 Å². The van der Waals surface area contributed by atoms with Crippen LogP contribution in [0.25, 0.3) is 0 Å². The van der Waals surface area contributed by atoms with Crippen LogP contribution < -0.4 is 0 Å². The fourth-order valence-electron chi connectivity index (χ4n) is 3.30. The van der Waals surface area contributed by atoms with Gasteiger partial charge in [0, 0.05) is 38.2 Å². The van der Waals surface area contributed by atoms with E-state index >= 15 is 0 Å². The number of carbonyl (C=O) groups excluding carboxylic acids is 5. The Hall–Kier alpha value is -3.27. The molecule has 0 aliphatic carbocycles. The van der Waals surface area contributed by atoms with E-state index in [0.717, 1.165) is 4.90 Å². The molecule has 0 atom stereocenters. The minimum Gasteiger partial charge on any atom is -0.432 e. The maximum Gasteiger partial charge on any atom is 0.508 e. The molecule has 0 N–H and O–H groups in total. The van der Waals surface area contributed by atoms with Gasteiger partial charge in [-0.15, -0.1) is 0 Å². The third-order valence-electron chi connectivity index (χ3n) is 5.23. The minimum atomic E-state index is -0.766. The van der Waals surface area contributed by atoms with Gasteiger partial charge in [0.2, 0.25) is 5.91 Å². The fraction of sp³-hybridized carbons (Fsp3) is 0.759. The van der Waals surface area contributed by atoms with Crippen LogP contribution in [0.4, 0.5) is 9.59 Å². The number of amides is 3. The summed E-state index contributed by atoms with van der Waals surface area (Å²) in [6.07, 6.45) is 0.769. The van der Waals surface area contributed by atoms with Crippen molar-refractivity contribution >= 4 is 30.0 Å². The minimum absolute atomic E-state index is 0.0277. The van der Waals surface area contributed by atoms with Gasteiger partial charge in [0.1, 0.15) is 24.4 Å². The van der Waals surface area contributed by atoms with E-state index in [4.69, 9.17) is 37.9 Å². The van der Waals surface area contributed by atoms with Crippen LogP contribution in [-0.2, 0) is 52.3 Å². The molecule has 1 aliphatic rings. The number of hydrogen-bond acceptors (Lipinski definition) is 13. The Bertz CT molecular complexity index is 877. The van der Waals surface area contributed by atoms with Gasteiger partial charge < -0.3 is 42.8 Å². The highest BCUT2D eigenvalue weighted by Gasteiger charge is 2.25. The average molecular weight is 633 g/mol. The molecule has 15 heteroatoms. The molecule has 252 valence electrons. The van der Waals surface area contributed by atoms with Crippen molar-refractivity contribution < 1.29 is 61.9 Å². The van der Waals surface area contributed by atoms with Gasteiger partial charge in [0.25, 0.3) is 11.8 Å². The van der Waals surface area contributed by atoms with Crippen molar-refractivity contribution in [3.05, 3.63) is 12.2 Å². The Morgan fingerprint density at radius 3 is 1.36 bits per heavy atom. The van der Waals surface area contributed by atoms with Crippen molar-refractivity contribution in [2.75, 3.05) is 85.7 Å². The molecule has 0 aromatic carbocycles. The van der Waals surface area contributed by atoms with Gasteiger partial charge in [-0.25, -0.2) is 9.59 Å². The molecule has 0 saturated carbocycles. The van der Waals surface area contributed by atoms with Crippen LogP contribution in [-0.4, -0.2) is 137 Å². The Kier molecular flexibility index (Phi) is 18.2. The predicted molar refractivity (Wildman–Crippen MR) is 155 cm³/mol. The molecule has 0 spiro atoms. The first kappa shape index (κ1) is 38.8. The molecule has 0 fully saturated rings. The summed E-state index contributed by atoms with van der Waals surface area (Å²) in [5.41, 5.74) is -1.27. The number of nitrogens with zero attached hydrogens (tertiary/aromatic N) is 2. The molecule has 0 aromatic rings. The Balaban J connectivity index is 2.29. The predicted octanol–water partition coefficient (Wildman–Crippen LogP) is 2.10. The van der Waals surface area contributed by atoms with Crippen molar-refractivity contribution in [2.24, 2.45) is 0 Å². The van der Waals surface area contributed by atoms with Gasteiger partial charge in [0.05, 0.1) is 52.9 Å². The second kappa shape index (κ2) is 20.6. The quantitative estimate of drug-likeness (QED) is 0.103. The van der Waals surface area contributed by atoms with Gasteiger partial charge in [-0.2, -0.15) is 0 Å². The number of hydrogen-bond donors (Lipinski definition) is 0. The molecule has 0 radical (unpaired) electrons. The molecule has 15 nitrogen and oxygen atoms in total. The molecule has 0 saturated heterocycles. The summed E-state index contributed by atoms with van der Waals surface area (Å²) in [6, 6.07) is 0. The second-order valence-corrected chi connectivity index (χ2v) is 11.4. The maximum atomic E-state index is 12.9. The summed E-state index contributed by atoms with van der Waals surface area (Å²) in [7, 11) is 0. The van der Waals surface area contributed by atoms with E-state index in [1.807, 2.05) is 0 Å². The maximum absolute atomic E-state index is 12.9. The SMILES string of the molecule is CC(C)(C)OC(=O)OCCOCCOCCN(CCOCCOCCOC(=O)OC(C)(C)C)C(=O)CCN1C(=O)C=CC1=O. The van der Waals surface area contributed by atoms with Gasteiger partial charge in [-0.05, 0) is 41.5 Å². The smallest absolute Gasteiger partial charge is 0.432 e. The first-order valence-corrected chi connectivity index (χ1v) is 14.5. The molecule has 0 bridgehead atoms. The third kappa shape index (κ3) is 19.8. The monoisotopic (exact) mass is 632 g/mol. The van der Waals surface area contributed by atoms with Crippen LogP contribution in [0, 0.1) is 0 Å². The zero-order chi connectivity index (χ0) is 33.0. The number of imide groups is 1. The normalized spacial score (nSPS) is 13.3. The zero-order valence-corrected chi connectivity index (χ0v) is 26.8. The summed E-state index contributed by atoms with van der Waals surface area (Å²) in [4.78, 5) is 62.0. The largest absolute Gasteiger partial charge is 0.508 e. The van der Waals surface area contributed by atoms with E-state index in [2.05, 4.69) is 0 Å². The highest BCUT2D eigenvalue weighted by molar-refractivity contribution is 6.13. The molecule has 1 heterocycles. The van der Waals surface area contributed by atoms with E-state index in [-0.39, 0.29) is 98.0 Å². The molecule has 44 heavy (non-hydrogen) atoms. The Morgan fingerprint density at radius 1 is 0.614 bits per heavy atom. The van der Waals surface area contributed by atoms with Crippen LogP contribution in [0.15, 0.2) is 12.2 Å². The van der Waals surface area contributed by atoms with Crippen LogP contribution in [0.5, 0.6) is 0 Å². The number of ether oxygens (including phenoxy) is 8. The molecule has 0 unspecified atom stereocenters. The van der Waals surface area contributed by atoms with Crippen molar-refractivity contribution in [2.45, 2.75) is 59.2 Å². The topological polar surface area (TPSA) is 166 Å². The molecule has 1 aliphatic heterocycles. The molecule has 1 rings (SSSR count). The van der Waals surface area contributed by atoms with Gasteiger partial charge in [0.15, 0.2) is 0 Å². The summed E-state index contributed by atoms with van der Waals surface area (Å²) >= 11 is 0.